The molecule has 0 unspecified atom stereocenters. The molecule has 1 N–H and O–H groups in total. The number of hydrogen-bond acceptors (Lipinski definition) is 3. The minimum absolute atomic E-state index is 0.0984. The maximum Gasteiger partial charge on any atom is 0.213 e. The maximum atomic E-state index is 9.20. The SMILES string of the molecule is COc1cc(CC(C)(C)CO)cc(C)n1. The van der Waals surface area contributed by atoms with Crippen molar-refractivity contribution in [1.29, 1.82) is 0 Å². The number of pyridine rings is 1. The summed E-state index contributed by atoms with van der Waals surface area (Å²) in [5, 5.41) is 9.20. The molecular formula is C12H19NO2. The van der Waals surface area contributed by atoms with Gasteiger partial charge < -0.3 is 9.84 Å². The van der Waals surface area contributed by atoms with Crippen molar-refractivity contribution in [2.75, 3.05) is 13.7 Å². The van der Waals surface area contributed by atoms with E-state index < -0.39 is 0 Å². The first-order valence-corrected chi connectivity index (χ1v) is 5.09. The average molecular weight is 209 g/mol. The van der Waals surface area contributed by atoms with Crippen LogP contribution in [0.4, 0.5) is 0 Å². The Bertz CT molecular complexity index is 334. The highest BCUT2D eigenvalue weighted by atomic mass is 16.5. The van der Waals surface area contributed by atoms with Crippen molar-refractivity contribution in [1.82, 2.24) is 4.98 Å². The molecule has 0 aliphatic carbocycles. The van der Waals surface area contributed by atoms with Crippen LogP contribution in [0.25, 0.3) is 0 Å². The summed E-state index contributed by atoms with van der Waals surface area (Å²) in [4.78, 5) is 4.22. The summed E-state index contributed by atoms with van der Waals surface area (Å²) in [7, 11) is 1.61. The van der Waals surface area contributed by atoms with Crippen LogP contribution in [0.5, 0.6) is 5.88 Å². The highest BCUT2D eigenvalue weighted by molar-refractivity contribution is 5.25. The van der Waals surface area contributed by atoms with Crippen molar-refractivity contribution in [3.63, 3.8) is 0 Å². The van der Waals surface area contributed by atoms with Crippen LogP contribution >= 0.6 is 0 Å². The molecule has 0 saturated carbocycles. The Balaban J connectivity index is 2.90. The fraction of sp³-hybridized carbons (Fsp3) is 0.583. The standard InChI is InChI=1S/C12H19NO2/c1-9-5-10(6-11(13-9)15-4)7-12(2,3)8-14/h5-6,14H,7-8H2,1-4H3. The van der Waals surface area contributed by atoms with Gasteiger partial charge in [-0.05, 0) is 30.4 Å². The summed E-state index contributed by atoms with van der Waals surface area (Å²) in [5.41, 5.74) is 2.00. The molecule has 1 aromatic rings. The molecule has 1 heterocycles. The largest absolute Gasteiger partial charge is 0.481 e. The van der Waals surface area contributed by atoms with E-state index in [1.54, 1.807) is 7.11 Å². The van der Waals surface area contributed by atoms with Gasteiger partial charge in [-0.2, -0.15) is 0 Å². The topological polar surface area (TPSA) is 42.4 Å². The van der Waals surface area contributed by atoms with Gasteiger partial charge in [0.05, 0.1) is 7.11 Å². The summed E-state index contributed by atoms with van der Waals surface area (Å²) in [5.74, 6) is 0.638. The predicted octanol–water partition coefficient (Wildman–Crippen LogP) is 1.96. The molecule has 0 aliphatic rings. The zero-order chi connectivity index (χ0) is 11.5. The van der Waals surface area contributed by atoms with E-state index in [9.17, 15) is 5.11 Å². The molecule has 0 radical (unpaired) electrons. The molecule has 84 valence electrons. The summed E-state index contributed by atoms with van der Waals surface area (Å²) < 4.78 is 5.11. The number of aliphatic hydroxyl groups excluding tert-OH is 1. The van der Waals surface area contributed by atoms with Gasteiger partial charge in [0.15, 0.2) is 0 Å². The Kier molecular flexibility index (Phi) is 3.69. The highest BCUT2D eigenvalue weighted by Gasteiger charge is 2.17. The van der Waals surface area contributed by atoms with E-state index in [2.05, 4.69) is 4.98 Å². The van der Waals surface area contributed by atoms with Crippen LogP contribution in [0, 0.1) is 12.3 Å². The smallest absolute Gasteiger partial charge is 0.213 e. The van der Waals surface area contributed by atoms with Crippen molar-refractivity contribution in [2.45, 2.75) is 27.2 Å². The van der Waals surface area contributed by atoms with Crippen molar-refractivity contribution >= 4 is 0 Å². The maximum absolute atomic E-state index is 9.20. The van der Waals surface area contributed by atoms with E-state index in [-0.39, 0.29) is 12.0 Å². The van der Waals surface area contributed by atoms with Gasteiger partial charge in [-0.1, -0.05) is 13.8 Å². The molecule has 0 fully saturated rings. The van der Waals surface area contributed by atoms with Gasteiger partial charge in [0.25, 0.3) is 0 Å². The lowest BCUT2D eigenvalue weighted by Crippen LogP contribution is -2.19. The number of ether oxygens (including phenoxy) is 1. The Hall–Kier alpha value is -1.09. The molecule has 1 rings (SSSR count). The van der Waals surface area contributed by atoms with Gasteiger partial charge in [-0.3, -0.25) is 0 Å². The van der Waals surface area contributed by atoms with Gasteiger partial charge in [0, 0.05) is 18.4 Å². The zero-order valence-corrected chi connectivity index (χ0v) is 9.87. The lowest BCUT2D eigenvalue weighted by molar-refractivity contribution is 0.159. The van der Waals surface area contributed by atoms with E-state index in [4.69, 9.17) is 4.74 Å². The lowest BCUT2D eigenvalue weighted by Gasteiger charge is -2.21. The Morgan fingerprint density at radius 3 is 2.60 bits per heavy atom. The fourth-order valence-corrected chi connectivity index (χ4v) is 1.52. The fourth-order valence-electron chi connectivity index (χ4n) is 1.52. The molecule has 0 amide bonds. The van der Waals surface area contributed by atoms with Crippen LogP contribution in [-0.4, -0.2) is 23.8 Å². The summed E-state index contributed by atoms with van der Waals surface area (Å²) >= 11 is 0. The number of nitrogens with zero attached hydrogens (tertiary/aromatic N) is 1. The van der Waals surface area contributed by atoms with E-state index in [0.29, 0.717) is 5.88 Å². The molecule has 0 spiro atoms. The molecule has 0 bridgehead atoms. The lowest BCUT2D eigenvalue weighted by atomic mass is 9.87. The minimum atomic E-state index is -0.0984. The minimum Gasteiger partial charge on any atom is -0.481 e. The Labute approximate surface area is 91.1 Å². The van der Waals surface area contributed by atoms with Gasteiger partial charge in [0.1, 0.15) is 0 Å². The number of hydrogen-bond donors (Lipinski definition) is 1. The van der Waals surface area contributed by atoms with E-state index >= 15 is 0 Å². The zero-order valence-electron chi connectivity index (χ0n) is 9.87. The normalized spacial score (nSPS) is 11.5. The van der Waals surface area contributed by atoms with Crippen LogP contribution in [-0.2, 0) is 6.42 Å². The first-order chi connectivity index (χ1) is 6.96. The van der Waals surface area contributed by atoms with Crippen LogP contribution in [0.3, 0.4) is 0 Å². The summed E-state index contributed by atoms with van der Waals surface area (Å²) in [6.45, 7) is 6.19. The number of aryl methyl sites for hydroxylation is 1. The number of aliphatic hydroxyl groups is 1. The Morgan fingerprint density at radius 1 is 1.40 bits per heavy atom. The number of methoxy groups -OCH3 is 1. The Morgan fingerprint density at radius 2 is 2.07 bits per heavy atom. The van der Waals surface area contributed by atoms with Gasteiger partial charge in [-0.15, -0.1) is 0 Å². The second-order valence-electron chi connectivity index (χ2n) is 4.66. The molecule has 0 aliphatic heterocycles. The first-order valence-electron chi connectivity index (χ1n) is 5.09. The predicted molar refractivity (Wildman–Crippen MR) is 60.1 cm³/mol. The average Bonchev–Trinajstić information content (AvgIpc) is 2.16. The number of aromatic nitrogens is 1. The quantitative estimate of drug-likeness (QED) is 0.824. The first kappa shape index (κ1) is 12.0. The second kappa shape index (κ2) is 4.62. The van der Waals surface area contributed by atoms with Crippen molar-refractivity contribution < 1.29 is 9.84 Å². The molecular weight excluding hydrogens is 190 g/mol. The second-order valence-corrected chi connectivity index (χ2v) is 4.66. The summed E-state index contributed by atoms with van der Waals surface area (Å²) in [6.07, 6.45) is 0.823. The third-order valence-electron chi connectivity index (χ3n) is 2.31. The van der Waals surface area contributed by atoms with Crippen LogP contribution in [0.15, 0.2) is 12.1 Å². The van der Waals surface area contributed by atoms with Crippen molar-refractivity contribution in [3.8, 4) is 5.88 Å². The van der Waals surface area contributed by atoms with Crippen LogP contribution in [0.1, 0.15) is 25.1 Å². The third kappa shape index (κ3) is 3.51. The molecule has 15 heavy (non-hydrogen) atoms. The van der Waals surface area contributed by atoms with E-state index in [1.165, 1.54) is 0 Å². The van der Waals surface area contributed by atoms with Crippen LogP contribution < -0.4 is 4.74 Å². The van der Waals surface area contributed by atoms with Crippen LogP contribution in [0.2, 0.25) is 0 Å². The van der Waals surface area contributed by atoms with Crippen molar-refractivity contribution in [2.24, 2.45) is 5.41 Å². The van der Waals surface area contributed by atoms with Gasteiger partial charge >= 0.3 is 0 Å². The van der Waals surface area contributed by atoms with E-state index in [1.807, 2.05) is 32.9 Å². The highest BCUT2D eigenvalue weighted by Crippen LogP contribution is 2.23. The van der Waals surface area contributed by atoms with Gasteiger partial charge in [-0.25, -0.2) is 4.98 Å². The van der Waals surface area contributed by atoms with Crippen molar-refractivity contribution in [3.05, 3.63) is 23.4 Å². The summed E-state index contributed by atoms with van der Waals surface area (Å²) in [6, 6.07) is 3.95. The molecule has 3 nitrogen and oxygen atoms in total. The van der Waals surface area contributed by atoms with E-state index in [0.717, 1.165) is 17.7 Å². The molecule has 0 aromatic carbocycles. The molecule has 0 atom stereocenters. The number of rotatable bonds is 4. The van der Waals surface area contributed by atoms with Gasteiger partial charge in [0.2, 0.25) is 5.88 Å². The third-order valence-corrected chi connectivity index (χ3v) is 2.31. The monoisotopic (exact) mass is 209 g/mol. The molecule has 3 heteroatoms. The molecule has 1 aromatic heterocycles. The molecule has 0 saturated heterocycles.